The number of carbonyl (C=O) groups excluding carboxylic acids is 2. The minimum Gasteiger partial charge on any atom is -0.456 e. The highest BCUT2D eigenvalue weighted by Gasteiger charge is 2.38. The number of para-hydroxylation sites is 1. The summed E-state index contributed by atoms with van der Waals surface area (Å²) in [6.45, 7) is 0.754. The van der Waals surface area contributed by atoms with Crippen molar-refractivity contribution in [1.29, 1.82) is 0 Å². The van der Waals surface area contributed by atoms with Gasteiger partial charge in [0, 0.05) is 23.1 Å². The quantitative estimate of drug-likeness (QED) is 0.706. The van der Waals surface area contributed by atoms with Gasteiger partial charge in [-0.2, -0.15) is 13.2 Å². The van der Waals surface area contributed by atoms with Crippen molar-refractivity contribution >= 4 is 22.8 Å². The molecule has 0 spiro atoms. The highest BCUT2D eigenvalue weighted by molar-refractivity contribution is 5.86. The minimum atomic E-state index is -4.57. The van der Waals surface area contributed by atoms with Crippen LogP contribution in [0.15, 0.2) is 24.3 Å². The summed E-state index contributed by atoms with van der Waals surface area (Å²) in [6.07, 6.45) is -1.64. The van der Waals surface area contributed by atoms with Gasteiger partial charge >= 0.3 is 12.1 Å². The molecule has 3 rings (SSSR count). The molecule has 1 aromatic carbocycles. The van der Waals surface area contributed by atoms with Crippen LogP contribution < -0.4 is 5.32 Å². The maximum Gasteiger partial charge on any atom is 0.422 e. The third kappa shape index (κ3) is 5.31. The average Bonchev–Trinajstić information content (AvgIpc) is 3.01. The van der Waals surface area contributed by atoms with Gasteiger partial charge in [0.2, 0.25) is 5.91 Å². The first-order valence-electron chi connectivity index (χ1n) is 9.83. The first-order chi connectivity index (χ1) is 13.8. The number of ether oxygens (including phenoxy) is 1. The third-order valence-electron chi connectivity index (χ3n) is 5.48. The van der Waals surface area contributed by atoms with E-state index in [1.165, 1.54) is 0 Å². The number of H-pyrrole nitrogens is 1. The lowest BCUT2D eigenvalue weighted by atomic mass is 9.78. The standard InChI is InChI=1S/C21H25F3N2O3/c1-13-14(15-6-4-5-9-18(15)26-13)10-11-25-19(27)16-7-2-3-8-17(16)20(28)29-12-21(22,23)24/h4-6,9,16-17,26H,2-3,7-8,10-12H2,1H3,(H,25,27)/t16-,17+/m1/s1. The van der Waals surface area contributed by atoms with Crippen LogP contribution in [0.1, 0.15) is 36.9 Å². The van der Waals surface area contributed by atoms with Crippen molar-refractivity contribution in [2.45, 2.75) is 45.2 Å². The molecule has 8 heteroatoms. The van der Waals surface area contributed by atoms with E-state index in [-0.39, 0.29) is 5.91 Å². The summed E-state index contributed by atoms with van der Waals surface area (Å²) in [4.78, 5) is 28.1. The average molecular weight is 410 g/mol. The summed E-state index contributed by atoms with van der Waals surface area (Å²) in [5.74, 6) is -2.69. The Hall–Kier alpha value is -2.51. The molecule has 1 aromatic heterocycles. The van der Waals surface area contributed by atoms with Crippen LogP contribution in [0, 0.1) is 18.8 Å². The van der Waals surface area contributed by atoms with E-state index in [4.69, 9.17) is 0 Å². The summed E-state index contributed by atoms with van der Waals surface area (Å²) >= 11 is 0. The molecule has 0 radical (unpaired) electrons. The first kappa shape index (κ1) is 21.2. The molecular weight excluding hydrogens is 385 g/mol. The maximum atomic E-state index is 12.6. The molecular formula is C21H25F3N2O3. The molecule has 0 saturated heterocycles. The summed E-state index contributed by atoms with van der Waals surface area (Å²) in [7, 11) is 0. The molecule has 1 saturated carbocycles. The van der Waals surface area contributed by atoms with Crippen LogP contribution in [0.5, 0.6) is 0 Å². The SMILES string of the molecule is Cc1[nH]c2ccccc2c1CCNC(=O)[C@@H]1CCCC[C@@H]1C(=O)OCC(F)(F)F. The molecule has 2 aromatic rings. The van der Waals surface area contributed by atoms with Gasteiger partial charge in [-0.1, -0.05) is 31.0 Å². The second-order valence-electron chi connectivity index (χ2n) is 7.54. The number of aryl methyl sites for hydroxylation is 1. The van der Waals surface area contributed by atoms with Crippen LogP contribution in [0.3, 0.4) is 0 Å². The number of benzene rings is 1. The molecule has 2 atom stereocenters. The number of nitrogens with one attached hydrogen (secondary N) is 2. The molecule has 1 aliphatic carbocycles. The smallest absolute Gasteiger partial charge is 0.422 e. The fraction of sp³-hybridized carbons (Fsp3) is 0.524. The minimum absolute atomic E-state index is 0.295. The zero-order valence-corrected chi connectivity index (χ0v) is 16.3. The number of aromatic nitrogens is 1. The molecule has 0 unspecified atom stereocenters. The van der Waals surface area contributed by atoms with Gasteiger partial charge in [-0.25, -0.2) is 0 Å². The van der Waals surface area contributed by atoms with Crippen molar-refractivity contribution < 1.29 is 27.5 Å². The fourth-order valence-electron chi connectivity index (χ4n) is 4.09. The molecule has 2 N–H and O–H groups in total. The number of esters is 1. The third-order valence-corrected chi connectivity index (χ3v) is 5.48. The summed E-state index contributed by atoms with van der Waals surface area (Å²) in [6, 6.07) is 7.91. The van der Waals surface area contributed by atoms with E-state index < -0.39 is 30.6 Å². The molecule has 5 nitrogen and oxygen atoms in total. The van der Waals surface area contributed by atoms with Crippen molar-refractivity contribution in [3.8, 4) is 0 Å². The fourth-order valence-corrected chi connectivity index (χ4v) is 4.09. The Bertz CT molecular complexity index is 876. The molecule has 0 bridgehead atoms. The normalized spacial score (nSPS) is 19.9. The van der Waals surface area contributed by atoms with E-state index in [0.29, 0.717) is 32.2 Å². The van der Waals surface area contributed by atoms with E-state index >= 15 is 0 Å². The van der Waals surface area contributed by atoms with Crippen molar-refractivity contribution in [2.75, 3.05) is 13.2 Å². The Morgan fingerprint density at radius 3 is 2.59 bits per heavy atom. The molecule has 29 heavy (non-hydrogen) atoms. The van der Waals surface area contributed by atoms with Crippen molar-refractivity contribution in [3.05, 3.63) is 35.5 Å². The molecule has 1 aliphatic rings. The van der Waals surface area contributed by atoms with E-state index in [9.17, 15) is 22.8 Å². The van der Waals surface area contributed by atoms with Gasteiger partial charge in [-0.15, -0.1) is 0 Å². The van der Waals surface area contributed by atoms with E-state index in [2.05, 4.69) is 15.0 Å². The van der Waals surface area contributed by atoms with Crippen LogP contribution in [0.2, 0.25) is 0 Å². The molecule has 158 valence electrons. The number of amides is 1. The van der Waals surface area contributed by atoms with Gasteiger partial charge in [0.15, 0.2) is 6.61 Å². The lowest BCUT2D eigenvalue weighted by Gasteiger charge is -2.29. The molecule has 1 fully saturated rings. The van der Waals surface area contributed by atoms with Crippen LogP contribution in [-0.2, 0) is 20.7 Å². The summed E-state index contributed by atoms with van der Waals surface area (Å²) in [5.41, 5.74) is 3.18. The van der Waals surface area contributed by atoms with Crippen molar-refractivity contribution in [1.82, 2.24) is 10.3 Å². The van der Waals surface area contributed by atoms with Gasteiger partial charge in [0.05, 0.1) is 11.8 Å². The summed E-state index contributed by atoms with van der Waals surface area (Å²) in [5, 5.41) is 3.96. The highest BCUT2D eigenvalue weighted by Crippen LogP contribution is 2.32. The number of rotatable bonds is 6. The van der Waals surface area contributed by atoms with E-state index in [1.54, 1.807) is 0 Å². The van der Waals surface area contributed by atoms with Crippen LogP contribution in [-0.4, -0.2) is 36.2 Å². The Labute approximate surface area is 167 Å². The predicted octanol–water partition coefficient (Wildman–Crippen LogP) is 4.05. The van der Waals surface area contributed by atoms with Crippen LogP contribution >= 0.6 is 0 Å². The van der Waals surface area contributed by atoms with Gasteiger partial charge in [-0.3, -0.25) is 9.59 Å². The van der Waals surface area contributed by atoms with Crippen LogP contribution in [0.25, 0.3) is 10.9 Å². The molecule has 0 aliphatic heterocycles. The lowest BCUT2D eigenvalue weighted by Crippen LogP contribution is -2.41. The van der Waals surface area contributed by atoms with Gasteiger partial charge < -0.3 is 15.0 Å². The number of aromatic amines is 1. The Morgan fingerprint density at radius 1 is 1.17 bits per heavy atom. The van der Waals surface area contributed by atoms with E-state index in [1.807, 2.05) is 31.2 Å². The number of carbonyl (C=O) groups is 2. The van der Waals surface area contributed by atoms with Crippen molar-refractivity contribution in [3.63, 3.8) is 0 Å². The first-order valence-corrected chi connectivity index (χ1v) is 9.83. The monoisotopic (exact) mass is 410 g/mol. The Morgan fingerprint density at radius 2 is 1.86 bits per heavy atom. The van der Waals surface area contributed by atoms with Crippen LogP contribution in [0.4, 0.5) is 13.2 Å². The zero-order chi connectivity index (χ0) is 21.0. The second-order valence-corrected chi connectivity index (χ2v) is 7.54. The van der Waals surface area contributed by atoms with Gasteiger partial charge in [0.25, 0.3) is 0 Å². The maximum absolute atomic E-state index is 12.6. The number of alkyl halides is 3. The van der Waals surface area contributed by atoms with Crippen molar-refractivity contribution in [2.24, 2.45) is 11.8 Å². The lowest BCUT2D eigenvalue weighted by molar-refractivity contribution is -0.191. The Kier molecular flexibility index (Phi) is 6.49. The topological polar surface area (TPSA) is 71.2 Å². The molecule has 1 amide bonds. The number of fused-ring (bicyclic) bond motifs is 1. The predicted molar refractivity (Wildman–Crippen MR) is 102 cm³/mol. The zero-order valence-electron chi connectivity index (χ0n) is 16.3. The van der Waals surface area contributed by atoms with Gasteiger partial charge in [-0.05, 0) is 37.8 Å². The van der Waals surface area contributed by atoms with Gasteiger partial charge in [0.1, 0.15) is 0 Å². The number of halogens is 3. The number of hydrogen-bond donors (Lipinski definition) is 2. The highest BCUT2D eigenvalue weighted by atomic mass is 19.4. The molecule has 1 heterocycles. The number of hydrogen-bond acceptors (Lipinski definition) is 3. The summed E-state index contributed by atoms with van der Waals surface area (Å²) < 4.78 is 41.4. The largest absolute Gasteiger partial charge is 0.456 e. The second kappa shape index (κ2) is 8.88. The van der Waals surface area contributed by atoms with E-state index in [0.717, 1.165) is 28.6 Å². The Balaban J connectivity index is 1.58.